The topological polar surface area (TPSA) is 110 Å². The molecule has 0 spiro atoms. The molecular weight excluding hydrogens is 560 g/mol. The second-order valence-electron chi connectivity index (χ2n) is 9.71. The van der Waals surface area contributed by atoms with Gasteiger partial charge < -0.3 is 10.0 Å². The molecule has 41 heavy (non-hydrogen) atoms. The van der Waals surface area contributed by atoms with E-state index in [0.717, 1.165) is 42.5 Å². The molecule has 0 fully saturated rings. The molecule has 0 saturated carbocycles. The summed E-state index contributed by atoms with van der Waals surface area (Å²) in [6.07, 6.45) is -8.14. The number of alkyl halides is 6. The van der Waals surface area contributed by atoms with Crippen molar-refractivity contribution < 1.29 is 41.3 Å². The summed E-state index contributed by atoms with van der Waals surface area (Å²) < 4.78 is 77.7. The fourth-order valence-electron chi connectivity index (χ4n) is 4.97. The SMILES string of the molecule is O=[N+]([O-])c1ccc2c(c1)CCC2.O=[N+]([O-])c1ccc2c(c1)CCN2Cc1ccc(C(O)(C(F)(F)F)C(F)(F)F)cc1. The number of halogens is 6. The summed E-state index contributed by atoms with van der Waals surface area (Å²) in [5, 5.41) is 30.7. The lowest BCUT2D eigenvalue weighted by atomic mass is 9.91. The van der Waals surface area contributed by atoms with Crippen LogP contribution in [0.15, 0.2) is 60.7 Å². The van der Waals surface area contributed by atoms with E-state index in [-0.39, 0.29) is 22.8 Å². The highest BCUT2D eigenvalue weighted by Crippen LogP contribution is 2.50. The van der Waals surface area contributed by atoms with Crippen molar-refractivity contribution in [1.29, 1.82) is 0 Å². The molecule has 0 radical (unpaired) electrons. The minimum Gasteiger partial charge on any atom is -0.369 e. The highest BCUT2D eigenvalue weighted by molar-refractivity contribution is 5.61. The quantitative estimate of drug-likeness (QED) is 0.207. The predicted molar refractivity (Wildman–Crippen MR) is 135 cm³/mol. The predicted octanol–water partition coefficient (Wildman–Crippen LogP) is 6.55. The van der Waals surface area contributed by atoms with Crippen LogP contribution in [0.5, 0.6) is 0 Å². The Labute approximate surface area is 229 Å². The molecule has 14 heteroatoms. The highest BCUT2D eigenvalue weighted by Gasteiger charge is 2.71. The van der Waals surface area contributed by atoms with Crippen LogP contribution in [0.4, 0.5) is 43.4 Å². The summed E-state index contributed by atoms with van der Waals surface area (Å²) in [6, 6.07) is 12.8. The van der Waals surface area contributed by atoms with Crippen LogP contribution in [0.1, 0.15) is 34.2 Å². The van der Waals surface area contributed by atoms with Crippen LogP contribution >= 0.6 is 0 Å². The molecule has 1 aliphatic heterocycles. The summed E-state index contributed by atoms with van der Waals surface area (Å²) in [5.41, 5.74) is -1.82. The molecule has 0 unspecified atom stereocenters. The molecule has 0 atom stereocenters. The lowest BCUT2D eigenvalue weighted by Crippen LogP contribution is -2.53. The molecular formula is C27H23F6N3O5. The van der Waals surface area contributed by atoms with E-state index in [0.29, 0.717) is 36.3 Å². The van der Waals surface area contributed by atoms with Gasteiger partial charge in [0.15, 0.2) is 0 Å². The van der Waals surface area contributed by atoms with Crippen LogP contribution in [-0.4, -0.2) is 33.9 Å². The largest absolute Gasteiger partial charge is 0.430 e. The Morgan fingerprint density at radius 3 is 1.83 bits per heavy atom. The average Bonchev–Trinajstić information content (AvgIpc) is 3.54. The maximum atomic E-state index is 12.9. The third-order valence-electron chi connectivity index (χ3n) is 7.12. The number of hydrogen-bond donors (Lipinski definition) is 1. The smallest absolute Gasteiger partial charge is 0.369 e. The number of nitro groups is 2. The molecule has 3 aromatic carbocycles. The lowest BCUT2D eigenvalue weighted by molar-refractivity contribution is -0.385. The molecule has 0 amide bonds. The van der Waals surface area contributed by atoms with Crippen molar-refractivity contribution in [1.82, 2.24) is 0 Å². The summed E-state index contributed by atoms with van der Waals surface area (Å²) in [5.74, 6) is 0. The molecule has 0 bridgehead atoms. The van der Waals surface area contributed by atoms with Gasteiger partial charge in [-0.25, -0.2) is 0 Å². The molecule has 0 aromatic heterocycles. The standard InChI is InChI=1S/C18H14F6N2O3.C9H9NO2/c19-17(20,21)16(27,18(22,23)24)13-3-1-11(2-4-13)10-25-8-7-12-9-14(26(28)29)5-6-15(12)25;11-10(12)9-5-4-7-2-1-3-8(7)6-9/h1-6,9,27H,7-8,10H2;4-6H,1-3H2. The van der Waals surface area contributed by atoms with Crippen LogP contribution < -0.4 is 4.90 Å². The molecule has 5 rings (SSSR count). The normalized spacial score (nSPS) is 14.7. The molecule has 1 heterocycles. The maximum Gasteiger partial charge on any atom is 0.430 e. The average molecular weight is 583 g/mol. The number of anilines is 1. The number of aliphatic hydroxyl groups is 1. The van der Waals surface area contributed by atoms with E-state index in [1.165, 1.54) is 17.7 Å². The van der Waals surface area contributed by atoms with Crippen LogP contribution in [0.3, 0.4) is 0 Å². The molecule has 3 aromatic rings. The number of nitro benzene ring substituents is 2. The first-order valence-corrected chi connectivity index (χ1v) is 12.4. The van der Waals surface area contributed by atoms with Crippen molar-refractivity contribution in [3.05, 3.63) is 109 Å². The van der Waals surface area contributed by atoms with Gasteiger partial charge in [-0.15, -0.1) is 0 Å². The summed E-state index contributed by atoms with van der Waals surface area (Å²) in [7, 11) is 0. The van der Waals surface area contributed by atoms with E-state index in [9.17, 15) is 51.7 Å². The van der Waals surface area contributed by atoms with Gasteiger partial charge in [0.2, 0.25) is 0 Å². The monoisotopic (exact) mass is 583 g/mol. The molecule has 218 valence electrons. The first-order valence-electron chi connectivity index (χ1n) is 12.4. The zero-order valence-corrected chi connectivity index (χ0v) is 21.2. The Bertz CT molecular complexity index is 1440. The number of nitrogens with zero attached hydrogens (tertiary/aromatic N) is 3. The number of non-ortho nitro benzene ring substituents is 2. The number of rotatable bonds is 5. The van der Waals surface area contributed by atoms with Crippen molar-refractivity contribution >= 4 is 17.1 Å². The van der Waals surface area contributed by atoms with Crippen LogP contribution in [0, 0.1) is 20.2 Å². The minimum atomic E-state index is -5.94. The van der Waals surface area contributed by atoms with E-state index in [4.69, 9.17) is 0 Å². The Morgan fingerprint density at radius 2 is 1.27 bits per heavy atom. The summed E-state index contributed by atoms with van der Waals surface area (Å²) >= 11 is 0. The summed E-state index contributed by atoms with van der Waals surface area (Å²) in [6.45, 7) is 0.675. The van der Waals surface area contributed by atoms with Crippen molar-refractivity contribution in [2.24, 2.45) is 0 Å². The highest BCUT2D eigenvalue weighted by atomic mass is 19.4. The minimum absolute atomic E-state index is 0.0615. The second kappa shape index (κ2) is 11.0. The molecule has 2 aliphatic rings. The van der Waals surface area contributed by atoms with E-state index in [1.54, 1.807) is 18.2 Å². The van der Waals surface area contributed by atoms with Gasteiger partial charge in [-0.2, -0.15) is 26.3 Å². The van der Waals surface area contributed by atoms with Gasteiger partial charge in [0.1, 0.15) is 0 Å². The first kappa shape index (κ1) is 29.8. The van der Waals surface area contributed by atoms with Crippen LogP contribution in [0.25, 0.3) is 0 Å². The second-order valence-corrected chi connectivity index (χ2v) is 9.71. The van der Waals surface area contributed by atoms with Crippen molar-refractivity contribution in [2.75, 3.05) is 11.4 Å². The number of fused-ring (bicyclic) bond motifs is 2. The molecule has 1 N–H and O–H groups in total. The van der Waals surface area contributed by atoms with E-state index in [2.05, 4.69) is 0 Å². The van der Waals surface area contributed by atoms with Crippen molar-refractivity contribution in [3.63, 3.8) is 0 Å². The zero-order valence-electron chi connectivity index (χ0n) is 21.2. The molecule has 1 aliphatic carbocycles. The van der Waals surface area contributed by atoms with Gasteiger partial charge in [0.25, 0.3) is 17.0 Å². The Kier molecular flexibility index (Phi) is 7.98. The number of benzene rings is 3. The van der Waals surface area contributed by atoms with Gasteiger partial charge in [-0.1, -0.05) is 30.3 Å². The van der Waals surface area contributed by atoms with E-state index >= 15 is 0 Å². The third kappa shape index (κ3) is 5.97. The van der Waals surface area contributed by atoms with Crippen molar-refractivity contribution in [3.8, 4) is 0 Å². The Morgan fingerprint density at radius 1 is 0.732 bits per heavy atom. The first-order chi connectivity index (χ1) is 19.1. The van der Waals surface area contributed by atoms with E-state index in [1.807, 2.05) is 11.0 Å². The maximum absolute atomic E-state index is 12.9. The summed E-state index contributed by atoms with van der Waals surface area (Å²) in [4.78, 5) is 22.2. The molecule has 8 nitrogen and oxygen atoms in total. The fourth-order valence-corrected chi connectivity index (χ4v) is 4.97. The van der Waals surface area contributed by atoms with Gasteiger partial charge in [0.05, 0.1) is 9.85 Å². The van der Waals surface area contributed by atoms with Crippen molar-refractivity contribution in [2.45, 2.75) is 50.2 Å². The third-order valence-corrected chi connectivity index (χ3v) is 7.12. The van der Waals surface area contributed by atoms with Gasteiger partial charge >= 0.3 is 12.4 Å². The molecule has 0 saturated heterocycles. The van der Waals surface area contributed by atoms with E-state index < -0.39 is 28.4 Å². The van der Waals surface area contributed by atoms with Gasteiger partial charge in [-0.05, 0) is 54.0 Å². The Balaban J connectivity index is 0.000000267. The number of hydrogen-bond acceptors (Lipinski definition) is 6. The lowest BCUT2D eigenvalue weighted by Gasteiger charge is -2.32. The Hall–Kier alpha value is -4.20. The zero-order chi connectivity index (χ0) is 30.2. The van der Waals surface area contributed by atoms with Gasteiger partial charge in [-0.3, -0.25) is 20.2 Å². The van der Waals surface area contributed by atoms with Crippen LogP contribution in [-0.2, 0) is 31.4 Å². The fraction of sp³-hybridized carbons (Fsp3) is 0.333. The van der Waals surface area contributed by atoms with Crippen LogP contribution in [0.2, 0.25) is 0 Å². The number of aryl methyl sites for hydroxylation is 2. The van der Waals surface area contributed by atoms with Gasteiger partial charge in [0, 0.05) is 48.6 Å².